The molecule has 1 unspecified atom stereocenters. The summed E-state index contributed by atoms with van der Waals surface area (Å²) >= 11 is 0. The van der Waals surface area contributed by atoms with Gasteiger partial charge in [-0.3, -0.25) is 14.4 Å². The molecule has 5 atom stereocenters. The standard InChI is InChI=1S/C26H28O9/c1-13(28)18-8-17(5-4-16-6-7-20(14(2)29)21(10-16)15(3)30)9-19(11-18)34-26-25(33)24(32)23(31)22(12-27)35-26/h4-11,22-27,31-33H,12H2,1-3H3/t22-,23-,24+,25-,26?/m1/s1. The molecule has 0 amide bonds. The van der Waals surface area contributed by atoms with E-state index >= 15 is 0 Å². The zero-order valence-corrected chi connectivity index (χ0v) is 19.5. The Morgan fingerprint density at radius 1 is 0.829 bits per heavy atom. The smallest absolute Gasteiger partial charge is 0.229 e. The summed E-state index contributed by atoms with van der Waals surface area (Å²) in [4.78, 5) is 35.8. The molecule has 9 heteroatoms. The number of hydrogen-bond donors (Lipinski definition) is 4. The third-order valence-corrected chi connectivity index (χ3v) is 5.71. The maximum absolute atomic E-state index is 12.1. The molecule has 35 heavy (non-hydrogen) atoms. The van der Waals surface area contributed by atoms with E-state index < -0.39 is 37.3 Å². The highest BCUT2D eigenvalue weighted by Crippen LogP contribution is 2.27. The predicted octanol–water partition coefficient (Wildman–Crippen LogP) is 1.64. The second-order valence-corrected chi connectivity index (χ2v) is 8.41. The van der Waals surface area contributed by atoms with Gasteiger partial charge in [0, 0.05) is 16.7 Å². The molecular formula is C26H28O9. The van der Waals surface area contributed by atoms with E-state index in [1.165, 1.54) is 26.8 Å². The highest BCUT2D eigenvalue weighted by Gasteiger charge is 2.44. The van der Waals surface area contributed by atoms with Crippen LogP contribution < -0.4 is 4.74 Å². The topological polar surface area (TPSA) is 151 Å². The fourth-order valence-corrected chi connectivity index (χ4v) is 3.74. The predicted molar refractivity (Wildman–Crippen MR) is 126 cm³/mol. The summed E-state index contributed by atoms with van der Waals surface area (Å²) in [5.41, 5.74) is 2.16. The van der Waals surface area contributed by atoms with Crippen molar-refractivity contribution in [2.24, 2.45) is 0 Å². The van der Waals surface area contributed by atoms with Crippen LogP contribution in [-0.2, 0) is 4.74 Å². The van der Waals surface area contributed by atoms with Crippen LogP contribution in [0.2, 0.25) is 0 Å². The molecule has 1 aliphatic rings. The average Bonchev–Trinajstić information content (AvgIpc) is 2.82. The molecule has 1 heterocycles. The van der Waals surface area contributed by atoms with E-state index in [2.05, 4.69) is 0 Å². The Hall–Kier alpha value is -3.21. The van der Waals surface area contributed by atoms with Crippen molar-refractivity contribution < 1.29 is 44.3 Å². The number of aliphatic hydroxyl groups excluding tert-OH is 4. The first kappa shape index (κ1) is 26.4. The molecule has 0 saturated carbocycles. The van der Waals surface area contributed by atoms with Crippen molar-refractivity contribution in [2.45, 2.75) is 51.5 Å². The Bertz CT molecular complexity index is 1150. The lowest BCUT2D eigenvalue weighted by Gasteiger charge is -2.39. The van der Waals surface area contributed by atoms with Crippen molar-refractivity contribution in [1.82, 2.24) is 0 Å². The van der Waals surface area contributed by atoms with Crippen LogP contribution in [0.5, 0.6) is 5.75 Å². The molecule has 3 rings (SSSR count). The molecule has 4 N–H and O–H groups in total. The summed E-state index contributed by atoms with van der Waals surface area (Å²) < 4.78 is 11.0. The van der Waals surface area contributed by atoms with Gasteiger partial charge >= 0.3 is 0 Å². The first-order valence-corrected chi connectivity index (χ1v) is 11.0. The van der Waals surface area contributed by atoms with Gasteiger partial charge in [-0.05, 0) is 56.2 Å². The molecule has 2 aromatic rings. The lowest BCUT2D eigenvalue weighted by molar-refractivity contribution is -0.277. The van der Waals surface area contributed by atoms with Crippen molar-refractivity contribution in [3.63, 3.8) is 0 Å². The molecule has 0 aliphatic carbocycles. The Labute approximate surface area is 202 Å². The first-order valence-electron chi connectivity index (χ1n) is 11.0. The highest BCUT2D eigenvalue weighted by molar-refractivity contribution is 6.07. The van der Waals surface area contributed by atoms with Gasteiger partial charge in [-0.15, -0.1) is 0 Å². The lowest BCUT2D eigenvalue weighted by atomic mass is 9.98. The maximum Gasteiger partial charge on any atom is 0.229 e. The van der Waals surface area contributed by atoms with Gasteiger partial charge in [0.2, 0.25) is 6.29 Å². The van der Waals surface area contributed by atoms with E-state index in [4.69, 9.17) is 9.47 Å². The SMILES string of the molecule is CC(=O)c1cc(C=Cc2ccc(C(C)=O)c(C(C)=O)c2)cc(OC2O[C@H](CO)[C@@H](O)[C@H](O)[C@H]2O)c1. The minimum absolute atomic E-state index is 0.151. The van der Waals surface area contributed by atoms with Gasteiger partial charge in [0.25, 0.3) is 0 Å². The monoisotopic (exact) mass is 484 g/mol. The minimum atomic E-state index is -1.60. The van der Waals surface area contributed by atoms with E-state index in [0.29, 0.717) is 27.8 Å². The van der Waals surface area contributed by atoms with Crippen molar-refractivity contribution >= 4 is 29.5 Å². The van der Waals surface area contributed by atoms with Crippen molar-refractivity contribution in [3.8, 4) is 5.75 Å². The number of carbonyl (C=O) groups is 3. The third kappa shape index (κ3) is 6.08. The highest BCUT2D eigenvalue weighted by atomic mass is 16.7. The van der Waals surface area contributed by atoms with Gasteiger partial charge in [0.05, 0.1) is 6.61 Å². The van der Waals surface area contributed by atoms with Crippen LogP contribution >= 0.6 is 0 Å². The number of aliphatic hydroxyl groups is 4. The summed E-state index contributed by atoms with van der Waals surface area (Å²) in [6, 6.07) is 9.51. The van der Waals surface area contributed by atoms with Gasteiger partial charge in [0.1, 0.15) is 30.2 Å². The quantitative estimate of drug-likeness (QED) is 0.324. The van der Waals surface area contributed by atoms with Crippen LogP contribution in [0.4, 0.5) is 0 Å². The van der Waals surface area contributed by atoms with E-state index in [9.17, 15) is 34.8 Å². The fourth-order valence-electron chi connectivity index (χ4n) is 3.74. The zero-order chi connectivity index (χ0) is 25.9. The Balaban J connectivity index is 1.91. The maximum atomic E-state index is 12.1. The molecule has 0 spiro atoms. The van der Waals surface area contributed by atoms with Crippen LogP contribution in [-0.4, -0.2) is 75.1 Å². The number of hydrogen-bond acceptors (Lipinski definition) is 9. The molecular weight excluding hydrogens is 456 g/mol. The second kappa shape index (κ2) is 11.0. The van der Waals surface area contributed by atoms with Crippen LogP contribution in [0.1, 0.15) is 63.0 Å². The molecule has 1 saturated heterocycles. The lowest BCUT2D eigenvalue weighted by Crippen LogP contribution is -2.60. The van der Waals surface area contributed by atoms with E-state index in [1.54, 1.807) is 42.5 Å². The number of carbonyl (C=O) groups excluding carboxylic acids is 3. The van der Waals surface area contributed by atoms with Crippen molar-refractivity contribution in [3.05, 3.63) is 64.2 Å². The summed E-state index contributed by atoms with van der Waals surface area (Å²) in [7, 11) is 0. The van der Waals surface area contributed by atoms with E-state index in [0.717, 1.165) is 0 Å². The van der Waals surface area contributed by atoms with Crippen LogP contribution in [0.15, 0.2) is 36.4 Å². The summed E-state index contributed by atoms with van der Waals surface area (Å²) in [5, 5.41) is 39.5. The molecule has 0 bridgehead atoms. The van der Waals surface area contributed by atoms with E-state index in [1.807, 2.05) is 0 Å². The minimum Gasteiger partial charge on any atom is -0.462 e. The van der Waals surface area contributed by atoms with Gasteiger partial charge in [0.15, 0.2) is 17.3 Å². The normalized spacial score (nSPS) is 24.4. The van der Waals surface area contributed by atoms with Crippen LogP contribution in [0.3, 0.4) is 0 Å². The summed E-state index contributed by atoms with van der Waals surface area (Å²) in [6.45, 7) is 3.55. The van der Waals surface area contributed by atoms with Crippen molar-refractivity contribution in [1.29, 1.82) is 0 Å². The molecule has 0 radical (unpaired) electrons. The third-order valence-electron chi connectivity index (χ3n) is 5.71. The number of ketones is 3. The van der Waals surface area contributed by atoms with Gasteiger partial charge < -0.3 is 29.9 Å². The molecule has 0 aromatic heterocycles. The largest absolute Gasteiger partial charge is 0.462 e. The summed E-state index contributed by atoms with van der Waals surface area (Å²) in [5.74, 6) is -0.546. The Kier molecular flexibility index (Phi) is 8.31. The summed E-state index contributed by atoms with van der Waals surface area (Å²) in [6.07, 6.45) is -3.88. The Morgan fingerprint density at radius 3 is 2.09 bits per heavy atom. The molecule has 1 fully saturated rings. The van der Waals surface area contributed by atoms with Gasteiger partial charge in [-0.1, -0.05) is 24.3 Å². The molecule has 2 aromatic carbocycles. The number of ether oxygens (including phenoxy) is 2. The fraction of sp³-hybridized carbons (Fsp3) is 0.346. The van der Waals surface area contributed by atoms with E-state index in [-0.39, 0.29) is 23.1 Å². The van der Waals surface area contributed by atoms with Gasteiger partial charge in [-0.2, -0.15) is 0 Å². The van der Waals surface area contributed by atoms with Crippen LogP contribution in [0, 0.1) is 0 Å². The van der Waals surface area contributed by atoms with Crippen molar-refractivity contribution in [2.75, 3.05) is 6.61 Å². The van der Waals surface area contributed by atoms with Crippen LogP contribution in [0.25, 0.3) is 12.2 Å². The molecule has 9 nitrogen and oxygen atoms in total. The molecule has 186 valence electrons. The van der Waals surface area contributed by atoms with Gasteiger partial charge in [-0.25, -0.2) is 0 Å². The second-order valence-electron chi connectivity index (χ2n) is 8.41. The number of Topliss-reactive ketones (excluding diaryl/α,β-unsaturated/α-hetero) is 3. The molecule has 1 aliphatic heterocycles. The number of benzene rings is 2. The Morgan fingerprint density at radius 2 is 1.49 bits per heavy atom. The zero-order valence-electron chi connectivity index (χ0n) is 19.5. The number of rotatable bonds is 8. The average molecular weight is 485 g/mol. The first-order chi connectivity index (χ1) is 16.5.